The van der Waals surface area contributed by atoms with E-state index in [1.807, 2.05) is 0 Å². The van der Waals surface area contributed by atoms with E-state index in [9.17, 15) is 0 Å². The molecule has 0 bridgehead atoms. The predicted octanol–water partition coefficient (Wildman–Crippen LogP) is 0.517. The van der Waals surface area contributed by atoms with Crippen molar-refractivity contribution in [3.8, 4) is 0 Å². The third kappa shape index (κ3) is 5.22. The molecule has 1 heterocycles. The van der Waals surface area contributed by atoms with Crippen LogP contribution in [0.1, 0.15) is 40.0 Å². The Bertz CT molecular complexity index is 154. The first-order valence-electron chi connectivity index (χ1n) is 5.10. The Morgan fingerprint density at radius 2 is 2.15 bits per heavy atom. The zero-order valence-electron chi connectivity index (χ0n) is 9.46. The number of rotatable bonds is 2. The van der Waals surface area contributed by atoms with Gasteiger partial charge in [-0.15, -0.1) is 18.2 Å². The Labute approximate surface area is 132 Å². The van der Waals surface area contributed by atoms with Gasteiger partial charge in [-0.25, -0.2) is 0 Å². The molecule has 1 aliphatic rings. The zero-order valence-corrected chi connectivity index (χ0v) is 14.4. The van der Waals surface area contributed by atoms with E-state index >= 15 is 0 Å². The number of allylic oxidation sites excluding steroid dienone is 1. The first-order valence-corrected chi connectivity index (χ1v) is 5.10. The summed E-state index contributed by atoms with van der Waals surface area (Å²) in [5, 5.41) is 4.81. The number of hydrogen-bond donors (Lipinski definition) is 0. The molecule has 0 aromatic carbocycles. The molecule has 1 aliphatic heterocycles. The van der Waals surface area contributed by atoms with Gasteiger partial charge in [0, 0.05) is 0 Å². The Morgan fingerprint density at radius 1 is 1.46 bits per heavy atom. The van der Waals surface area contributed by atoms with Gasteiger partial charge in [-0.05, 0) is 6.42 Å². The van der Waals surface area contributed by atoms with E-state index in [2.05, 4.69) is 32.9 Å². The van der Waals surface area contributed by atoms with Crippen molar-refractivity contribution in [1.29, 1.82) is 0 Å². The summed E-state index contributed by atoms with van der Waals surface area (Å²) >= 11 is 0. The van der Waals surface area contributed by atoms with E-state index in [0.29, 0.717) is 18.0 Å². The largest absolute Gasteiger partial charge is 1.00 e. The molecule has 0 aromatic heterocycles. The van der Waals surface area contributed by atoms with Crippen LogP contribution in [0.3, 0.4) is 0 Å². The predicted molar refractivity (Wildman–Crippen MR) is 54.4 cm³/mol. The van der Waals surface area contributed by atoms with Gasteiger partial charge >= 0.3 is 58.2 Å². The van der Waals surface area contributed by atoms with E-state index in [1.165, 1.54) is 12.8 Å². The van der Waals surface area contributed by atoms with Crippen LogP contribution in [-0.2, 0) is 0 Å². The summed E-state index contributed by atoms with van der Waals surface area (Å²) in [4.78, 5) is 0. The second kappa shape index (κ2) is 7.75. The summed E-state index contributed by atoms with van der Waals surface area (Å²) in [6, 6.07) is 1.07. The van der Waals surface area contributed by atoms with Crippen molar-refractivity contribution in [3.05, 3.63) is 17.5 Å². The molecule has 0 amide bonds. The third-order valence-corrected chi connectivity index (χ3v) is 2.56. The number of nitrogens with zero attached hydrogens (tertiary/aromatic N) is 1. The smallest absolute Gasteiger partial charge is 0.653 e. The van der Waals surface area contributed by atoms with Gasteiger partial charge in [0.15, 0.2) is 0 Å². The van der Waals surface area contributed by atoms with Crippen LogP contribution in [-0.4, -0.2) is 12.1 Å². The minimum Gasteiger partial charge on any atom is -0.653 e. The summed E-state index contributed by atoms with van der Waals surface area (Å²) in [5.74, 6) is 0.707. The molecule has 0 radical (unpaired) electrons. The van der Waals surface area contributed by atoms with Crippen molar-refractivity contribution in [2.45, 2.75) is 52.1 Å². The SMILES string of the molecule is CC[C@@H]1C=CCC[C@@H](C(C)C)[N-]1.[Rb+]. The average molecular weight is 252 g/mol. The topological polar surface area (TPSA) is 14.1 Å². The second-order valence-electron chi connectivity index (χ2n) is 3.94. The summed E-state index contributed by atoms with van der Waals surface area (Å²) in [7, 11) is 0. The van der Waals surface area contributed by atoms with Crippen LogP contribution in [0.2, 0.25) is 0 Å². The van der Waals surface area contributed by atoms with Crippen LogP contribution in [0.15, 0.2) is 12.2 Å². The molecule has 0 fully saturated rings. The van der Waals surface area contributed by atoms with E-state index in [1.54, 1.807) is 0 Å². The van der Waals surface area contributed by atoms with Gasteiger partial charge in [0.05, 0.1) is 0 Å². The molecule has 0 saturated heterocycles. The molecular formula is C11H20NRb. The van der Waals surface area contributed by atoms with Gasteiger partial charge in [-0.2, -0.15) is 0 Å². The Balaban J connectivity index is 0.00000144. The van der Waals surface area contributed by atoms with Gasteiger partial charge in [-0.3, -0.25) is 0 Å². The minimum absolute atomic E-state index is 0. The van der Waals surface area contributed by atoms with Crippen LogP contribution in [0.5, 0.6) is 0 Å². The van der Waals surface area contributed by atoms with Crippen LogP contribution in [0, 0.1) is 5.92 Å². The standard InChI is InChI=1S/C11H20N.Rb/c1-4-10-7-5-6-8-11(12-10)9(2)3;/h5,7,9-11H,4,6,8H2,1-3H3;/q-1;+1/t10-,11+;/m1./s1. The molecule has 0 aliphatic carbocycles. The van der Waals surface area contributed by atoms with Crippen molar-refractivity contribution in [2.24, 2.45) is 5.92 Å². The van der Waals surface area contributed by atoms with E-state index in [-0.39, 0.29) is 58.2 Å². The Kier molecular flexibility index (Phi) is 8.65. The fourth-order valence-electron chi connectivity index (χ4n) is 1.64. The molecule has 13 heavy (non-hydrogen) atoms. The summed E-state index contributed by atoms with van der Waals surface area (Å²) in [6.07, 6.45) is 8.16. The molecule has 0 N–H and O–H groups in total. The third-order valence-electron chi connectivity index (χ3n) is 2.56. The fraction of sp³-hybridized carbons (Fsp3) is 0.818. The molecule has 2 atom stereocenters. The first-order chi connectivity index (χ1) is 5.74. The average Bonchev–Trinajstić information content (AvgIpc) is 2.28. The maximum Gasteiger partial charge on any atom is 1.00 e. The normalized spacial score (nSPS) is 28.3. The van der Waals surface area contributed by atoms with Crippen LogP contribution in [0.25, 0.3) is 5.32 Å². The van der Waals surface area contributed by atoms with Crippen molar-refractivity contribution >= 4 is 0 Å². The maximum absolute atomic E-state index is 4.81. The van der Waals surface area contributed by atoms with Gasteiger partial charge in [0.25, 0.3) is 0 Å². The molecular weight excluding hydrogens is 232 g/mol. The van der Waals surface area contributed by atoms with Crippen molar-refractivity contribution < 1.29 is 58.2 Å². The molecule has 1 nitrogen and oxygen atoms in total. The van der Waals surface area contributed by atoms with Crippen LogP contribution in [0.4, 0.5) is 0 Å². The van der Waals surface area contributed by atoms with Gasteiger partial charge in [-0.1, -0.05) is 45.6 Å². The summed E-state index contributed by atoms with van der Waals surface area (Å²) < 4.78 is 0. The van der Waals surface area contributed by atoms with Crippen LogP contribution >= 0.6 is 0 Å². The van der Waals surface area contributed by atoms with Gasteiger partial charge in [0.2, 0.25) is 0 Å². The van der Waals surface area contributed by atoms with E-state index in [0.717, 1.165) is 6.42 Å². The van der Waals surface area contributed by atoms with E-state index in [4.69, 9.17) is 5.32 Å². The Hall–Kier alpha value is 1.51. The molecule has 70 valence electrons. The maximum atomic E-state index is 4.81. The van der Waals surface area contributed by atoms with Crippen LogP contribution < -0.4 is 58.2 Å². The molecule has 0 unspecified atom stereocenters. The minimum atomic E-state index is 0. The fourth-order valence-corrected chi connectivity index (χ4v) is 1.64. The quantitative estimate of drug-likeness (QED) is 0.636. The Morgan fingerprint density at radius 3 is 2.69 bits per heavy atom. The van der Waals surface area contributed by atoms with Crippen molar-refractivity contribution in [2.75, 3.05) is 0 Å². The molecule has 1 rings (SSSR count). The van der Waals surface area contributed by atoms with Crippen molar-refractivity contribution in [3.63, 3.8) is 0 Å². The second-order valence-corrected chi connectivity index (χ2v) is 3.94. The zero-order chi connectivity index (χ0) is 8.97. The summed E-state index contributed by atoms with van der Waals surface area (Å²) in [6.45, 7) is 6.75. The summed E-state index contributed by atoms with van der Waals surface area (Å²) in [5.41, 5.74) is 0. The number of hydrogen-bond acceptors (Lipinski definition) is 0. The molecule has 0 saturated carbocycles. The molecule has 2 heteroatoms. The first kappa shape index (κ1) is 14.5. The van der Waals surface area contributed by atoms with Crippen molar-refractivity contribution in [1.82, 2.24) is 0 Å². The molecule has 0 aromatic rings. The molecule has 0 spiro atoms. The van der Waals surface area contributed by atoms with Gasteiger partial charge < -0.3 is 5.32 Å². The van der Waals surface area contributed by atoms with Gasteiger partial charge in [0.1, 0.15) is 0 Å². The van der Waals surface area contributed by atoms with E-state index < -0.39 is 0 Å². The monoisotopic (exact) mass is 251 g/mol.